The Balaban J connectivity index is 1.54. The van der Waals surface area contributed by atoms with Crippen molar-refractivity contribution in [2.45, 2.75) is 13.3 Å². The van der Waals surface area contributed by atoms with Crippen LogP contribution in [0.25, 0.3) is 0 Å². The van der Waals surface area contributed by atoms with Crippen molar-refractivity contribution in [3.05, 3.63) is 47.4 Å². The van der Waals surface area contributed by atoms with Crippen molar-refractivity contribution >= 4 is 17.6 Å². The van der Waals surface area contributed by atoms with Crippen LogP contribution in [0.3, 0.4) is 0 Å². The monoisotopic (exact) mass is 373 g/mol. The lowest BCUT2D eigenvalue weighted by Gasteiger charge is -2.22. The van der Waals surface area contributed by atoms with E-state index in [0.29, 0.717) is 31.0 Å². The van der Waals surface area contributed by atoms with Gasteiger partial charge in [0.25, 0.3) is 5.91 Å². The zero-order valence-corrected chi connectivity index (χ0v) is 15.6. The van der Waals surface area contributed by atoms with Crippen molar-refractivity contribution in [2.24, 2.45) is 7.05 Å². The number of hydrogen-bond donors (Lipinski definition) is 1. The summed E-state index contributed by atoms with van der Waals surface area (Å²) in [6.07, 6.45) is 0.763. The minimum atomic E-state index is -0.417. The Labute approximate surface area is 157 Å². The number of halogens is 1. The molecule has 1 aliphatic heterocycles. The van der Waals surface area contributed by atoms with Crippen molar-refractivity contribution in [1.29, 1.82) is 0 Å². The van der Waals surface area contributed by atoms with Crippen molar-refractivity contribution in [3.63, 3.8) is 0 Å². The highest BCUT2D eigenvalue weighted by Crippen LogP contribution is 2.12. The third-order valence-corrected chi connectivity index (χ3v) is 4.58. The predicted octanol–water partition coefficient (Wildman–Crippen LogP) is 1.65. The van der Waals surface area contributed by atoms with Gasteiger partial charge in [-0.1, -0.05) is 6.07 Å². The van der Waals surface area contributed by atoms with Crippen LogP contribution < -0.4 is 5.32 Å². The van der Waals surface area contributed by atoms with E-state index < -0.39 is 5.82 Å². The van der Waals surface area contributed by atoms with Crippen LogP contribution in [0.1, 0.15) is 22.5 Å². The highest BCUT2D eigenvalue weighted by molar-refractivity contribution is 5.94. The highest BCUT2D eigenvalue weighted by Gasteiger charge is 2.22. The molecule has 27 heavy (non-hydrogen) atoms. The summed E-state index contributed by atoms with van der Waals surface area (Å²) in [4.78, 5) is 28.6. The topological polar surface area (TPSA) is 70.5 Å². The van der Waals surface area contributed by atoms with Gasteiger partial charge in [0.1, 0.15) is 11.6 Å². The molecular weight excluding hydrogens is 349 g/mol. The number of aryl methyl sites for hydroxylation is 2. The first-order valence-corrected chi connectivity index (χ1v) is 9.00. The van der Waals surface area contributed by atoms with Crippen molar-refractivity contribution < 1.29 is 14.0 Å². The maximum absolute atomic E-state index is 13.4. The molecule has 2 amide bonds. The molecule has 1 aliphatic rings. The van der Waals surface area contributed by atoms with Crippen LogP contribution in [0.2, 0.25) is 0 Å². The molecule has 2 aromatic rings. The number of anilines is 1. The fourth-order valence-corrected chi connectivity index (χ4v) is 3.25. The number of benzene rings is 1. The molecule has 1 N–H and O–H groups in total. The predicted molar refractivity (Wildman–Crippen MR) is 99.9 cm³/mol. The maximum atomic E-state index is 13.4. The van der Waals surface area contributed by atoms with E-state index in [1.165, 1.54) is 18.2 Å². The van der Waals surface area contributed by atoms with Crippen LogP contribution in [0, 0.1) is 12.7 Å². The standard InChI is InChI=1S/C19H24FN5O2/c1-14-11-17(23(2)22-14)21-18(26)13-24-7-4-8-25(10-9-24)19(27)15-5-3-6-16(20)12-15/h3,5-6,11-12H,4,7-10,13H2,1-2H3,(H,21,26). The van der Waals surface area contributed by atoms with Gasteiger partial charge in [-0.25, -0.2) is 4.39 Å². The smallest absolute Gasteiger partial charge is 0.254 e. The Bertz CT molecular complexity index is 835. The fourth-order valence-electron chi connectivity index (χ4n) is 3.25. The van der Waals surface area contributed by atoms with Gasteiger partial charge in [-0.05, 0) is 31.5 Å². The minimum Gasteiger partial charge on any atom is -0.337 e. The van der Waals surface area contributed by atoms with Crippen LogP contribution >= 0.6 is 0 Å². The third kappa shape index (κ3) is 4.91. The Kier molecular flexibility index (Phi) is 5.85. The molecule has 3 rings (SSSR count). The Morgan fingerprint density at radius 1 is 1.19 bits per heavy atom. The SMILES string of the molecule is Cc1cc(NC(=O)CN2CCCN(C(=O)c3cccc(F)c3)CC2)n(C)n1. The number of hydrogen-bond acceptors (Lipinski definition) is 4. The molecule has 144 valence electrons. The van der Waals surface area contributed by atoms with E-state index in [1.807, 2.05) is 17.9 Å². The Morgan fingerprint density at radius 3 is 2.70 bits per heavy atom. The van der Waals surface area contributed by atoms with Gasteiger partial charge in [0.15, 0.2) is 0 Å². The molecule has 1 aromatic carbocycles. The summed E-state index contributed by atoms with van der Waals surface area (Å²) in [6.45, 7) is 4.55. The summed E-state index contributed by atoms with van der Waals surface area (Å²) in [7, 11) is 1.78. The fraction of sp³-hybridized carbons (Fsp3) is 0.421. The lowest BCUT2D eigenvalue weighted by molar-refractivity contribution is -0.117. The van der Waals surface area contributed by atoms with E-state index in [1.54, 1.807) is 22.7 Å². The maximum Gasteiger partial charge on any atom is 0.254 e. The molecular formula is C19H24FN5O2. The van der Waals surface area contributed by atoms with E-state index in [-0.39, 0.29) is 18.4 Å². The van der Waals surface area contributed by atoms with Crippen molar-refractivity contribution in [3.8, 4) is 0 Å². The normalized spacial score (nSPS) is 15.4. The lowest BCUT2D eigenvalue weighted by Crippen LogP contribution is -2.38. The summed E-state index contributed by atoms with van der Waals surface area (Å²) in [5, 5.41) is 7.07. The van der Waals surface area contributed by atoms with E-state index >= 15 is 0 Å². The number of aromatic nitrogens is 2. The second-order valence-corrected chi connectivity index (χ2v) is 6.77. The average molecular weight is 373 g/mol. The molecule has 1 aromatic heterocycles. The molecule has 1 saturated heterocycles. The molecule has 0 atom stereocenters. The Hall–Kier alpha value is -2.74. The number of nitrogens with one attached hydrogen (secondary N) is 1. The molecule has 0 bridgehead atoms. The average Bonchev–Trinajstić information content (AvgIpc) is 2.81. The van der Waals surface area contributed by atoms with Crippen LogP contribution in [0.5, 0.6) is 0 Å². The molecule has 0 saturated carbocycles. The molecule has 0 radical (unpaired) electrons. The van der Waals surface area contributed by atoms with Crippen LogP contribution in [-0.2, 0) is 11.8 Å². The molecule has 2 heterocycles. The van der Waals surface area contributed by atoms with Gasteiger partial charge in [-0.3, -0.25) is 19.2 Å². The van der Waals surface area contributed by atoms with Gasteiger partial charge in [0.05, 0.1) is 12.2 Å². The number of rotatable bonds is 4. The number of carbonyl (C=O) groups is 2. The van der Waals surface area contributed by atoms with Gasteiger partial charge in [0, 0.05) is 44.9 Å². The van der Waals surface area contributed by atoms with E-state index in [9.17, 15) is 14.0 Å². The molecule has 7 nitrogen and oxygen atoms in total. The van der Waals surface area contributed by atoms with Gasteiger partial charge in [-0.2, -0.15) is 5.10 Å². The number of nitrogens with zero attached hydrogens (tertiary/aromatic N) is 4. The van der Waals surface area contributed by atoms with Crippen LogP contribution in [0.4, 0.5) is 10.2 Å². The van der Waals surface area contributed by atoms with Crippen molar-refractivity contribution in [1.82, 2.24) is 19.6 Å². The van der Waals surface area contributed by atoms with Gasteiger partial charge < -0.3 is 10.2 Å². The lowest BCUT2D eigenvalue weighted by atomic mass is 10.2. The van der Waals surface area contributed by atoms with Gasteiger partial charge in [0.2, 0.25) is 5.91 Å². The first-order valence-electron chi connectivity index (χ1n) is 9.00. The first kappa shape index (κ1) is 19.0. The van der Waals surface area contributed by atoms with Gasteiger partial charge >= 0.3 is 0 Å². The quantitative estimate of drug-likeness (QED) is 0.885. The van der Waals surface area contributed by atoms with Gasteiger partial charge in [-0.15, -0.1) is 0 Å². The third-order valence-electron chi connectivity index (χ3n) is 4.58. The van der Waals surface area contributed by atoms with E-state index in [0.717, 1.165) is 18.7 Å². The number of amides is 2. The zero-order chi connectivity index (χ0) is 19.4. The minimum absolute atomic E-state index is 0.108. The summed E-state index contributed by atoms with van der Waals surface area (Å²) in [5.41, 5.74) is 1.20. The van der Waals surface area contributed by atoms with Crippen LogP contribution in [0.15, 0.2) is 30.3 Å². The van der Waals surface area contributed by atoms with Crippen LogP contribution in [-0.4, -0.2) is 64.1 Å². The summed E-state index contributed by atoms with van der Waals surface area (Å²) in [5.74, 6) is -0.0383. The van der Waals surface area contributed by atoms with E-state index in [2.05, 4.69) is 10.4 Å². The summed E-state index contributed by atoms with van der Waals surface area (Å²) < 4.78 is 15.0. The highest BCUT2D eigenvalue weighted by atomic mass is 19.1. The number of carbonyl (C=O) groups excluding carboxylic acids is 2. The zero-order valence-electron chi connectivity index (χ0n) is 15.6. The summed E-state index contributed by atoms with van der Waals surface area (Å²) in [6, 6.07) is 7.56. The molecule has 0 aliphatic carbocycles. The Morgan fingerprint density at radius 2 is 2.00 bits per heavy atom. The summed E-state index contributed by atoms with van der Waals surface area (Å²) >= 11 is 0. The molecule has 8 heteroatoms. The molecule has 1 fully saturated rings. The second-order valence-electron chi connectivity index (χ2n) is 6.77. The largest absolute Gasteiger partial charge is 0.337 e. The van der Waals surface area contributed by atoms with E-state index in [4.69, 9.17) is 0 Å². The second kappa shape index (κ2) is 8.30. The molecule has 0 spiro atoms. The molecule has 0 unspecified atom stereocenters. The van der Waals surface area contributed by atoms with Crippen molar-refractivity contribution in [2.75, 3.05) is 38.0 Å². The first-order chi connectivity index (χ1) is 12.9.